The normalized spacial score (nSPS) is 15.7. The van der Waals surface area contributed by atoms with Crippen LogP contribution in [0, 0.1) is 5.92 Å². The first-order valence-corrected chi connectivity index (χ1v) is 12.4. The lowest BCUT2D eigenvalue weighted by Gasteiger charge is -2.30. The number of anilines is 1. The van der Waals surface area contributed by atoms with Crippen molar-refractivity contribution in [2.75, 3.05) is 25.0 Å². The van der Waals surface area contributed by atoms with E-state index >= 15 is 0 Å². The Bertz CT molecular complexity index is 979. The van der Waals surface area contributed by atoms with Crippen molar-refractivity contribution in [3.8, 4) is 5.75 Å². The van der Waals surface area contributed by atoms with Gasteiger partial charge in [-0.05, 0) is 55.0 Å². The van der Waals surface area contributed by atoms with Crippen molar-refractivity contribution >= 4 is 21.6 Å². The van der Waals surface area contributed by atoms with Gasteiger partial charge in [-0.2, -0.15) is 4.31 Å². The SMILES string of the molecule is CCCOc1ccccc1NC(=O)C1CCN(S(=O)(=O)c2ccc(C(C)C)cc2)CC1. The Labute approximate surface area is 185 Å². The standard InChI is InChI=1S/C24H32N2O4S/c1-4-17-30-23-8-6-5-7-22(23)25-24(27)20-13-15-26(16-14-20)31(28,29)21-11-9-19(10-12-21)18(2)3/h5-12,18,20H,4,13-17H2,1-3H3,(H,25,27). The molecule has 3 rings (SSSR count). The van der Waals surface area contributed by atoms with Crippen LogP contribution in [0.1, 0.15) is 51.5 Å². The summed E-state index contributed by atoms with van der Waals surface area (Å²) in [5.41, 5.74) is 1.76. The number of piperidine rings is 1. The number of hydrogen-bond acceptors (Lipinski definition) is 4. The van der Waals surface area contributed by atoms with Gasteiger partial charge in [-0.15, -0.1) is 0 Å². The van der Waals surface area contributed by atoms with E-state index in [4.69, 9.17) is 4.74 Å². The number of hydrogen-bond donors (Lipinski definition) is 1. The molecule has 1 aliphatic heterocycles. The Morgan fingerprint density at radius 2 is 1.74 bits per heavy atom. The number of amides is 1. The molecular weight excluding hydrogens is 412 g/mol. The van der Waals surface area contributed by atoms with Crippen molar-refractivity contribution in [3.05, 3.63) is 54.1 Å². The quantitative estimate of drug-likeness (QED) is 0.644. The third kappa shape index (κ3) is 5.66. The maximum Gasteiger partial charge on any atom is 0.243 e. The van der Waals surface area contributed by atoms with Crippen LogP contribution in [0.15, 0.2) is 53.4 Å². The van der Waals surface area contributed by atoms with E-state index in [2.05, 4.69) is 19.2 Å². The summed E-state index contributed by atoms with van der Waals surface area (Å²) in [6.07, 6.45) is 1.87. The van der Waals surface area contributed by atoms with Crippen molar-refractivity contribution in [3.63, 3.8) is 0 Å². The summed E-state index contributed by atoms with van der Waals surface area (Å²) in [6, 6.07) is 14.5. The van der Waals surface area contributed by atoms with E-state index in [1.807, 2.05) is 43.3 Å². The van der Waals surface area contributed by atoms with Gasteiger partial charge in [-0.1, -0.05) is 45.0 Å². The predicted molar refractivity (Wildman–Crippen MR) is 123 cm³/mol. The Morgan fingerprint density at radius 3 is 2.35 bits per heavy atom. The van der Waals surface area contributed by atoms with Crippen molar-refractivity contribution in [2.45, 2.75) is 50.8 Å². The molecule has 0 spiro atoms. The Kier molecular flexibility index (Phi) is 7.73. The van der Waals surface area contributed by atoms with Crippen LogP contribution < -0.4 is 10.1 Å². The summed E-state index contributed by atoms with van der Waals surface area (Å²) in [4.78, 5) is 13.1. The van der Waals surface area contributed by atoms with E-state index in [0.29, 0.717) is 54.8 Å². The number of para-hydroxylation sites is 2. The van der Waals surface area contributed by atoms with Crippen LogP contribution in [-0.4, -0.2) is 38.3 Å². The number of benzene rings is 2. The molecule has 0 atom stereocenters. The second-order valence-electron chi connectivity index (χ2n) is 8.24. The fourth-order valence-corrected chi connectivity index (χ4v) is 5.14. The topological polar surface area (TPSA) is 75.7 Å². The lowest BCUT2D eigenvalue weighted by Crippen LogP contribution is -2.41. The highest BCUT2D eigenvalue weighted by Gasteiger charge is 2.32. The predicted octanol–water partition coefficient (Wildman–Crippen LogP) is 4.64. The van der Waals surface area contributed by atoms with E-state index < -0.39 is 10.0 Å². The molecule has 1 N–H and O–H groups in total. The molecule has 168 valence electrons. The number of nitrogens with one attached hydrogen (secondary N) is 1. The highest BCUT2D eigenvalue weighted by Crippen LogP contribution is 2.28. The zero-order chi connectivity index (χ0) is 22.4. The van der Waals surface area contributed by atoms with Gasteiger partial charge in [-0.3, -0.25) is 4.79 Å². The minimum absolute atomic E-state index is 0.0918. The molecule has 0 aromatic heterocycles. The lowest BCUT2D eigenvalue weighted by molar-refractivity contribution is -0.120. The van der Waals surface area contributed by atoms with Gasteiger partial charge in [-0.25, -0.2) is 8.42 Å². The van der Waals surface area contributed by atoms with Gasteiger partial charge in [0.05, 0.1) is 17.2 Å². The van der Waals surface area contributed by atoms with Gasteiger partial charge in [0.15, 0.2) is 0 Å². The van der Waals surface area contributed by atoms with Crippen LogP contribution in [0.3, 0.4) is 0 Å². The van der Waals surface area contributed by atoms with E-state index in [0.717, 1.165) is 12.0 Å². The molecule has 0 bridgehead atoms. The van der Waals surface area contributed by atoms with Crippen LogP contribution in [0.25, 0.3) is 0 Å². The highest BCUT2D eigenvalue weighted by molar-refractivity contribution is 7.89. The molecule has 1 saturated heterocycles. The smallest absolute Gasteiger partial charge is 0.243 e. The average Bonchev–Trinajstić information content (AvgIpc) is 2.78. The third-order valence-electron chi connectivity index (χ3n) is 5.62. The Hall–Kier alpha value is -2.38. The van der Waals surface area contributed by atoms with Gasteiger partial charge in [0.25, 0.3) is 0 Å². The molecule has 2 aromatic carbocycles. The van der Waals surface area contributed by atoms with Gasteiger partial charge in [0, 0.05) is 19.0 Å². The molecule has 0 aliphatic carbocycles. The molecule has 0 radical (unpaired) electrons. The third-order valence-corrected chi connectivity index (χ3v) is 7.53. The number of nitrogens with zero attached hydrogens (tertiary/aromatic N) is 1. The Morgan fingerprint density at radius 1 is 1.10 bits per heavy atom. The molecule has 6 nitrogen and oxygen atoms in total. The van der Waals surface area contributed by atoms with Gasteiger partial charge < -0.3 is 10.1 Å². The number of carbonyl (C=O) groups is 1. The monoisotopic (exact) mass is 444 g/mol. The van der Waals surface area contributed by atoms with E-state index in [1.54, 1.807) is 12.1 Å². The molecule has 0 unspecified atom stereocenters. The minimum atomic E-state index is -3.55. The summed E-state index contributed by atoms with van der Waals surface area (Å²) in [7, 11) is -3.55. The zero-order valence-electron chi connectivity index (χ0n) is 18.5. The van der Waals surface area contributed by atoms with Crippen molar-refractivity contribution in [2.24, 2.45) is 5.92 Å². The molecule has 1 heterocycles. The van der Waals surface area contributed by atoms with E-state index in [9.17, 15) is 13.2 Å². The van der Waals surface area contributed by atoms with Crippen molar-refractivity contribution in [1.82, 2.24) is 4.31 Å². The van der Waals surface area contributed by atoms with E-state index in [1.165, 1.54) is 4.31 Å². The van der Waals surface area contributed by atoms with Gasteiger partial charge in [0.1, 0.15) is 5.75 Å². The minimum Gasteiger partial charge on any atom is -0.491 e. The number of rotatable bonds is 8. The number of ether oxygens (including phenoxy) is 1. The van der Waals surface area contributed by atoms with Gasteiger partial charge >= 0.3 is 0 Å². The largest absolute Gasteiger partial charge is 0.491 e. The second kappa shape index (κ2) is 10.3. The molecule has 2 aromatic rings. The van der Waals surface area contributed by atoms with Crippen LogP contribution in [0.4, 0.5) is 5.69 Å². The molecule has 0 saturated carbocycles. The van der Waals surface area contributed by atoms with E-state index in [-0.39, 0.29) is 11.8 Å². The maximum atomic E-state index is 13.0. The summed E-state index contributed by atoms with van der Waals surface area (Å²) < 4.78 is 33.2. The van der Waals surface area contributed by atoms with Crippen molar-refractivity contribution < 1.29 is 17.9 Å². The molecular formula is C24H32N2O4S. The van der Waals surface area contributed by atoms with Crippen LogP contribution in [-0.2, 0) is 14.8 Å². The first-order chi connectivity index (χ1) is 14.8. The first-order valence-electron chi connectivity index (χ1n) is 11.0. The summed E-state index contributed by atoms with van der Waals surface area (Å²) >= 11 is 0. The first kappa shape index (κ1) is 23.3. The van der Waals surface area contributed by atoms with Crippen molar-refractivity contribution in [1.29, 1.82) is 0 Å². The zero-order valence-corrected chi connectivity index (χ0v) is 19.3. The van der Waals surface area contributed by atoms with Crippen LogP contribution >= 0.6 is 0 Å². The van der Waals surface area contributed by atoms with Gasteiger partial charge in [0.2, 0.25) is 15.9 Å². The second-order valence-corrected chi connectivity index (χ2v) is 10.2. The maximum absolute atomic E-state index is 13.0. The fourth-order valence-electron chi connectivity index (χ4n) is 3.67. The molecule has 1 amide bonds. The summed E-state index contributed by atoms with van der Waals surface area (Å²) in [5, 5.41) is 2.96. The Balaban J connectivity index is 1.61. The van der Waals surface area contributed by atoms with Crippen LogP contribution in [0.5, 0.6) is 5.75 Å². The summed E-state index contributed by atoms with van der Waals surface area (Å²) in [5.74, 6) is 0.686. The lowest BCUT2D eigenvalue weighted by atomic mass is 9.97. The number of carbonyl (C=O) groups excluding carboxylic acids is 1. The fraction of sp³-hybridized carbons (Fsp3) is 0.458. The molecule has 1 aliphatic rings. The highest BCUT2D eigenvalue weighted by atomic mass is 32.2. The van der Waals surface area contributed by atoms with Crippen LogP contribution in [0.2, 0.25) is 0 Å². The molecule has 1 fully saturated rings. The molecule has 31 heavy (non-hydrogen) atoms. The number of sulfonamides is 1. The summed E-state index contributed by atoms with van der Waals surface area (Å²) in [6.45, 7) is 7.44. The average molecular weight is 445 g/mol. The molecule has 7 heteroatoms.